The number of halogens is 1. The number of aromatic nitrogens is 3. The summed E-state index contributed by atoms with van der Waals surface area (Å²) >= 11 is 4.19. The van der Waals surface area contributed by atoms with Gasteiger partial charge in [0, 0.05) is 17.3 Å². The summed E-state index contributed by atoms with van der Waals surface area (Å²) in [6, 6.07) is 7.67. The standard InChI is InChI=1S/C16H12FN3O2S/c17-10-1-3-11(4-2-10)20-12(15(21)13-7-22-13)5-9-6-18-14(8-23)19-16(9)20/h1-6,13,23H,7-8H2. The third-order valence-corrected chi connectivity index (χ3v) is 3.98. The molecular weight excluding hydrogens is 317 g/mol. The molecule has 0 aliphatic carbocycles. The number of epoxide rings is 1. The Kier molecular flexibility index (Phi) is 3.39. The predicted octanol–water partition coefficient (Wildman–Crippen LogP) is 2.57. The van der Waals surface area contributed by atoms with Crippen LogP contribution >= 0.6 is 12.6 Å². The summed E-state index contributed by atoms with van der Waals surface area (Å²) in [5.41, 5.74) is 1.72. The van der Waals surface area contributed by atoms with Gasteiger partial charge in [0.15, 0.2) is 0 Å². The number of carbonyl (C=O) groups excluding carboxylic acids is 1. The largest absolute Gasteiger partial charge is 0.364 e. The summed E-state index contributed by atoms with van der Waals surface area (Å²) in [5.74, 6) is 0.498. The Morgan fingerprint density at radius 3 is 2.78 bits per heavy atom. The highest BCUT2D eigenvalue weighted by Gasteiger charge is 2.34. The first-order chi connectivity index (χ1) is 11.2. The van der Waals surface area contributed by atoms with E-state index in [4.69, 9.17) is 4.74 Å². The highest BCUT2D eigenvalue weighted by Crippen LogP contribution is 2.27. The zero-order valence-electron chi connectivity index (χ0n) is 11.9. The number of rotatable bonds is 4. The molecule has 116 valence electrons. The smallest absolute Gasteiger partial charge is 0.210 e. The Labute approximate surface area is 136 Å². The van der Waals surface area contributed by atoms with Crippen LogP contribution in [0.25, 0.3) is 16.7 Å². The quantitative estimate of drug-likeness (QED) is 0.454. The second-order valence-corrected chi connectivity index (χ2v) is 5.57. The van der Waals surface area contributed by atoms with Crippen molar-refractivity contribution in [3.8, 4) is 5.69 Å². The van der Waals surface area contributed by atoms with E-state index >= 15 is 0 Å². The van der Waals surface area contributed by atoms with E-state index < -0.39 is 6.10 Å². The fraction of sp³-hybridized carbons (Fsp3) is 0.188. The van der Waals surface area contributed by atoms with Crippen LogP contribution in [-0.4, -0.2) is 33.0 Å². The van der Waals surface area contributed by atoms with Gasteiger partial charge >= 0.3 is 0 Å². The summed E-state index contributed by atoms with van der Waals surface area (Å²) in [6.45, 7) is 0.428. The van der Waals surface area contributed by atoms with Crippen molar-refractivity contribution in [3.63, 3.8) is 0 Å². The van der Waals surface area contributed by atoms with Crippen LogP contribution in [0.5, 0.6) is 0 Å². The summed E-state index contributed by atoms with van der Waals surface area (Å²) in [4.78, 5) is 21.2. The fourth-order valence-electron chi connectivity index (χ4n) is 2.50. The van der Waals surface area contributed by atoms with Crippen molar-refractivity contribution >= 4 is 29.4 Å². The lowest BCUT2D eigenvalue weighted by atomic mass is 10.2. The van der Waals surface area contributed by atoms with Gasteiger partial charge in [-0.2, -0.15) is 12.6 Å². The van der Waals surface area contributed by atoms with Crippen molar-refractivity contribution in [2.75, 3.05) is 6.61 Å². The van der Waals surface area contributed by atoms with Crippen molar-refractivity contribution in [1.29, 1.82) is 0 Å². The van der Waals surface area contributed by atoms with Gasteiger partial charge in [0.2, 0.25) is 5.78 Å². The molecule has 1 aliphatic rings. The van der Waals surface area contributed by atoms with Gasteiger partial charge in [-0.05, 0) is 30.3 Å². The van der Waals surface area contributed by atoms with Crippen LogP contribution in [-0.2, 0) is 10.5 Å². The SMILES string of the molecule is O=C(c1cc2cnc(CS)nc2n1-c1ccc(F)cc1)C1CO1. The number of Topliss-reactive ketones (excluding diaryl/α,β-unsaturated/α-hetero) is 1. The Morgan fingerprint density at radius 2 is 2.13 bits per heavy atom. The maximum Gasteiger partial charge on any atom is 0.210 e. The first-order valence-electron chi connectivity index (χ1n) is 7.07. The minimum absolute atomic E-state index is 0.111. The number of benzene rings is 1. The molecule has 0 amide bonds. The molecule has 0 N–H and O–H groups in total. The Hall–Kier alpha value is -2.25. The second-order valence-electron chi connectivity index (χ2n) is 5.25. The highest BCUT2D eigenvalue weighted by molar-refractivity contribution is 7.79. The van der Waals surface area contributed by atoms with Crippen molar-refractivity contribution in [3.05, 3.63) is 53.9 Å². The van der Waals surface area contributed by atoms with Crippen LogP contribution in [0.4, 0.5) is 4.39 Å². The molecule has 1 atom stereocenters. The van der Waals surface area contributed by atoms with E-state index in [2.05, 4.69) is 22.6 Å². The van der Waals surface area contributed by atoms with E-state index in [1.807, 2.05) is 0 Å². The van der Waals surface area contributed by atoms with Gasteiger partial charge in [-0.1, -0.05) is 0 Å². The maximum absolute atomic E-state index is 13.2. The molecule has 0 saturated carbocycles. The van der Waals surface area contributed by atoms with Crippen molar-refractivity contribution in [1.82, 2.24) is 14.5 Å². The lowest BCUT2D eigenvalue weighted by Gasteiger charge is -2.09. The van der Waals surface area contributed by atoms with Crippen molar-refractivity contribution in [2.45, 2.75) is 11.9 Å². The molecule has 0 bridgehead atoms. The maximum atomic E-state index is 13.2. The molecule has 1 saturated heterocycles. The van der Waals surface area contributed by atoms with Gasteiger partial charge in [-0.15, -0.1) is 0 Å². The van der Waals surface area contributed by atoms with E-state index in [0.717, 1.165) is 5.39 Å². The minimum atomic E-state index is -0.407. The molecule has 1 aliphatic heterocycles. The van der Waals surface area contributed by atoms with Gasteiger partial charge in [0.1, 0.15) is 23.4 Å². The Bertz CT molecular complexity index is 904. The van der Waals surface area contributed by atoms with Gasteiger partial charge in [0.05, 0.1) is 18.1 Å². The molecule has 0 spiro atoms. The number of carbonyl (C=O) groups is 1. The third kappa shape index (κ3) is 2.51. The number of nitrogens with zero attached hydrogens (tertiary/aromatic N) is 3. The number of ketones is 1. The van der Waals surface area contributed by atoms with Gasteiger partial charge < -0.3 is 4.74 Å². The highest BCUT2D eigenvalue weighted by atomic mass is 32.1. The Morgan fingerprint density at radius 1 is 1.39 bits per heavy atom. The van der Waals surface area contributed by atoms with Crippen LogP contribution in [0, 0.1) is 5.82 Å². The summed E-state index contributed by atoms with van der Waals surface area (Å²) < 4.78 is 20.0. The lowest BCUT2D eigenvalue weighted by molar-refractivity contribution is 0.0947. The summed E-state index contributed by atoms with van der Waals surface area (Å²) in [5, 5.41) is 0.740. The molecular formula is C16H12FN3O2S. The zero-order valence-corrected chi connectivity index (χ0v) is 12.8. The first-order valence-corrected chi connectivity index (χ1v) is 7.70. The van der Waals surface area contributed by atoms with E-state index in [-0.39, 0.29) is 11.6 Å². The van der Waals surface area contributed by atoms with Crippen LogP contribution in [0.1, 0.15) is 16.3 Å². The number of thiol groups is 1. The molecule has 3 heterocycles. The molecule has 3 aromatic rings. The molecule has 1 fully saturated rings. The molecule has 2 aromatic heterocycles. The van der Waals surface area contributed by atoms with E-state index in [1.54, 1.807) is 29.0 Å². The molecule has 1 unspecified atom stereocenters. The number of ether oxygens (including phenoxy) is 1. The predicted molar refractivity (Wildman–Crippen MR) is 85.6 cm³/mol. The second kappa shape index (κ2) is 5.43. The van der Waals surface area contributed by atoms with Crippen LogP contribution in [0.3, 0.4) is 0 Å². The third-order valence-electron chi connectivity index (χ3n) is 3.70. The number of fused-ring (bicyclic) bond motifs is 1. The average molecular weight is 329 g/mol. The summed E-state index contributed by atoms with van der Waals surface area (Å²) in [6.07, 6.45) is 1.26. The zero-order chi connectivity index (χ0) is 16.0. The number of hydrogen-bond acceptors (Lipinski definition) is 5. The molecule has 1 aromatic carbocycles. The van der Waals surface area contributed by atoms with Crippen molar-refractivity contribution < 1.29 is 13.9 Å². The van der Waals surface area contributed by atoms with E-state index in [9.17, 15) is 9.18 Å². The topological polar surface area (TPSA) is 60.3 Å². The van der Waals surface area contributed by atoms with E-state index in [1.165, 1.54) is 12.1 Å². The molecule has 0 radical (unpaired) electrons. The van der Waals surface area contributed by atoms with Gasteiger partial charge in [-0.25, -0.2) is 14.4 Å². The Balaban J connectivity index is 1.97. The fourth-order valence-corrected chi connectivity index (χ4v) is 2.65. The lowest BCUT2D eigenvalue weighted by Crippen LogP contribution is -2.13. The van der Waals surface area contributed by atoms with Gasteiger partial charge in [-0.3, -0.25) is 9.36 Å². The van der Waals surface area contributed by atoms with Crippen LogP contribution in [0.15, 0.2) is 36.5 Å². The van der Waals surface area contributed by atoms with E-state index in [0.29, 0.717) is 35.2 Å². The summed E-state index contributed by atoms with van der Waals surface area (Å²) in [7, 11) is 0. The molecule has 5 nitrogen and oxygen atoms in total. The minimum Gasteiger partial charge on any atom is -0.364 e. The monoisotopic (exact) mass is 329 g/mol. The van der Waals surface area contributed by atoms with Gasteiger partial charge in [0.25, 0.3) is 0 Å². The normalized spacial score (nSPS) is 16.7. The molecule has 7 heteroatoms. The molecule has 23 heavy (non-hydrogen) atoms. The van der Waals surface area contributed by atoms with Crippen LogP contribution in [0.2, 0.25) is 0 Å². The average Bonchev–Trinajstić information content (AvgIpc) is 3.35. The molecule has 4 rings (SSSR count). The van der Waals surface area contributed by atoms with Crippen LogP contribution < -0.4 is 0 Å². The number of hydrogen-bond donors (Lipinski definition) is 1. The van der Waals surface area contributed by atoms with Crippen molar-refractivity contribution in [2.24, 2.45) is 0 Å². The first kappa shape index (κ1) is 14.3.